The van der Waals surface area contributed by atoms with Crippen molar-refractivity contribution in [3.63, 3.8) is 0 Å². The highest BCUT2D eigenvalue weighted by atomic mass is 19.3. The molecule has 0 saturated carbocycles. The number of hydrogen-bond donors (Lipinski definition) is 1. The Bertz CT molecular complexity index is 776. The van der Waals surface area contributed by atoms with Gasteiger partial charge in [0, 0.05) is 7.05 Å². The van der Waals surface area contributed by atoms with Gasteiger partial charge >= 0.3 is 6.61 Å². The van der Waals surface area contributed by atoms with E-state index in [-0.39, 0.29) is 5.75 Å². The highest BCUT2D eigenvalue weighted by Gasteiger charge is 2.40. The third-order valence-corrected chi connectivity index (χ3v) is 4.53. The van der Waals surface area contributed by atoms with E-state index in [4.69, 9.17) is 10.7 Å². The maximum atomic E-state index is 12.4. The minimum atomic E-state index is -2.84. The first-order valence-corrected chi connectivity index (χ1v) is 8.16. The van der Waals surface area contributed by atoms with E-state index >= 15 is 0 Å². The summed E-state index contributed by atoms with van der Waals surface area (Å²) in [5, 5.41) is 0. The molecule has 0 bridgehead atoms. The molecule has 0 saturated heterocycles. The van der Waals surface area contributed by atoms with Crippen molar-refractivity contribution >= 4 is 5.96 Å². The van der Waals surface area contributed by atoms with Crippen LogP contribution in [0.2, 0.25) is 0 Å². The van der Waals surface area contributed by atoms with Crippen LogP contribution in [0.1, 0.15) is 23.6 Å². The standard InChI is InChI=1S/C19H21F2N3O/c1-3-13-5-4-6-15(11-13)19(12-24(2)18(22)23-19)14-7-9-16(10-8-14)25-17(20)21/h4-11,17H,3,12H2,1-2H3,(H2,22,23). The zero-order valence-electron chi connectivity index (χ0n) is 14.2. The summed E-state index contributed by atoms with van der Waals surface area (Å²) in [7, 11) is 1.89. The van der Waals surface area contributed by atoms with Crippen molar-refractivity contribution in [2.45, 2.75) is 25.5 Å². The van der Waals surface area contributed by atoms with Crippen molar-refractivity contribution < 1.29 is 13.5 Å². The molecule has 1 unspecified atom stereocenters. The first-order chi connectivity index (χ1) is 11.9. The van der Waals surface area contributed by atoms with Crippen molar-refractivity contribution in [2.75, 3.05) is 13.6 Å². The van der Waals surface area contributed by atoms with E-state index in [1.54, 1.807) is 12.1 Å². The SMILES string of the molecule is CCc1cccc(C2(c3ccc(OC(F)F)cc3)CN(C)C(N)=N2)c1. The van der Waals surface area contributed by atoms with E-state index in [0.29, 0.717) is 12.5 Å². The van der Waals surface area contributed by atoms with Crippen LogP contribution in [-0.2, 0) is 12.0 Å². The summed E-state index contributed by atoms with van der Waals surface area (Å²) in [4.78, 5) is 6.63. The van der Waals surface area contributed by atoms with Gasteiger partial charge in [0.2, 0.25) is 0 Å². The maximum absolute atomic E-state index is 12.4. The topological polar surface area (TPSA) is 50.9 Å². The monoisotopic (exact) mass is 345 g/mol. The number of ether oxygens (including phenoxy) is 1. The van der Waals surface area contributed by atoms with Gasteiger partial charge in [0.1, 0.15) is 11.3 Å². The van der Waals surface area contributed by atoms with Crippen LogP contribution >= 0.6 is 0 Å². The second-order valence-corrected chi connectivity index (χ2v) is 6.14. The smallest absolute Gasteiger partial charge is 0.387 e. The van der Waals surface area contributed by atoms with Crippen LogP contribution in [0.5, 0.6) is 5.75 Å². The van der Waals surface area contributed by atoms with Gasteiger partial charge in [-0.25, -0.2) is 4.99 Å². The lowest BCUT2D eigenvalue weighted by molar-refractivity contribution is -0.0498. The van der Waals surface area contributed by atoms with Gasteiger partial charge in [-0.15, -0.1) is 0 Å². The highest BCUT2D eigenvalue weighted by molar-refractivity contribution is 5.81. The number of nitrogens with two attached hydrogens (primary N) is 1. The quantitative estimate of drug-likeness (QED) is 0.904. The lowest BCUT2D eigenvalue weighted by atomic mass is 9.82. The number of guanidine groups is 1. The molecule has 132 valence electrons. The lowest BCUT2D eigenvalue weighted by Gasteiger charge is -2.28. The average Bonchev–Trinajstić information content (AvgIpc) is 2.91. The number of aryl methyl sites for hydroxylation is 1. The van der Waals surface area contributed by atoms with Crippen molar-refractivity contribution in [1.29, 1.82) is 0 Å². The largest absolute Gasteiger partial charge is 0.435 e. The number of likely N-dealkylation sites (N-methyl/N-ethyl adjacent to an activating group) is 1. The second-order valence-electron chi connectivity index (χ2n) is 6.14. The summed E-state index contributed by atoms with van der Waals surface area (Å²) in [5.74, 6) is 0.578. The van der Waals surface area contributed by atoms with Crippen LogP contribution in [0.4, 0.5) is 8.78 Å². The number of hydrogen-bond acceptors (Lipinski definition) is 4. The van der Waals surface area contributed by atoms with Crippen molar-refractivity contribution in [3.8, 4) is 5.75 Å². The third-order valence-electron chi connectivity index (χ3n) is 4.53. The van der Waals surface area contributed by atoms with E-state index in [1.165, 1.54) is 17.7 Å². The first-order valence-electron chi connectivity index (χ1n) is 8.16. The molecule has 1 aliphatic rings. The van der Waals surface area contributed by atoms with Gasteiger partial charge < -0.3 is 15.4 Å². The molecule has 1 heterocycles. The van der Waals surface area contributed by atoms with E-state index in [9.17, 15) is 8.78 Å². The summed E-state index contributed by atoms with van der Waals surface area (Å²) >= 11 is 0. The molecular weight excluding hydrogens is 324 g/mol. The number of benzene rings is 2. The van der Waals surface area contributed by atoms with Gasteiger partial charge in [-0.05, 0) is 35.2 Å². The Labute approximate surface area is 145 Å². The fourth-order valence-corrected chi connectivity index (χ4v) is 3.18. The van der Waals surface area contributed by atoms with Crippen LogP contribution in [0.15, 0.2) is 53.5 Å². The molecule has 0 aliphatic carbocycles. The Morgan fingerprint density at radius 3 is 2.48 bits per heavy atom. The minimum Gasteiger partial charge on any atom is -0.435 e. The lowest BCUT2D eigenvalue weighted by Crippen LogP contribution is -2.34. The molecule has 2 aromatic carbocycles. The third kappa shape index (κ3) is 3.29. The number of rotatable bonds is 5. The van der Waals surface area contributed by atoms with Crippen LogP contribution in [0.25, 0.3) is 0 Å². The fourth-order valence-electron chi connectivity index (χ4n) is 3.18. The van der Waals surface area contributed by atoms with Gasteiger partial charge in [0.15, 0.2) is 5.96 Å². The zero-order valence-corrected chi connectivity index (χ0v) is 14.2. The molecule has 1 aliphatic heterocycles. The number of nitrogens with zero attached hydrogens (tertiary/aromatic N) is 2. The van der Waals surface area contributed by atoms with Crippen molar-refractivity contribution in [1.82, 2.24) is 4.90 Å². The molecule has 6 heteroatoms. The minimum absolute atomic E-state index is 0.125. The number of aliphatic imine (C=N–C) groups is 1. The molecule has 2 N–H and O–H groups in total. The summed E-state index contributed by atoms with van der Waals surface area (Å²) in [5.41, 5.74) is 8.51. The molecule has 1 atom stereocenters. The molecule has 0 amide bonds. The Morgan fingerprint density at radius 2 is 1.92 bits per heavy atom. The molecular formula is C19H21F2N3O. The van der Waals surface area contributed by atoms with E-state index in [0.717, 1.165) is 17.5 Å². The van der Waals surface area contributed by atoms with Crippen molar-refractivity contribution in [2.24, 2.45) is 10.7 Å². The van der Waals surface area contributed by atoms with Crippen molar-refractivity contribution in [3.05, 3.63) is 65.2 Å². The predicted molar refractivity (Wildman–Crippen MR) is 93.9 cm³/mol. The highest BCUT2D eigenvalue weighted by Crippen LogP contribution is 2.39. The number of alkyl halides is 2. The van der Waals surface area contributed by atoms with Crippen LogP contribution < -0.4 is 10.5 Å². The Morgan fingerprint density at radius 1 is 1.20 bits per heavy atom. The normalized spacial score (nSPS) is 20.0. The summed E-state index contributed by atoms with van der Waals surface area (Å²) in [6.45, 7) is -0.158. The van der Waals surface area contributed by atoms with Gasteiger partial charge in [-0.3, -0.25) is 0 Å². The van der Waals surface area contributed by atoms with Gasteiger partial charge in [0.25, 0.3) is 0 Å². The molecule has 0 aromatic heterocycles. The van der Waals surface area contributed by atoms with Crippen LogP contribution in [-0.4, -0.2) is 31.1 Å². The van der Waals surface area contributed by atoms with Gasteiger partial charge in [0.05, 0.1) is 6.54 Å². The van der Waals surface area contributed by atoms with Crippen LogP contribution in [0.3, 0.4) is 0 Å². The number of halogens is 2. The average molecular weight is 345 g/mol. The van der Waals surface area contributed by atoms with Crippen LogP contribution in [0, 0.1) is 0 Å². The second kappa shape index (κ2) is 6.70. The summed E-state index contributed by atoms with van der Waals surface area (Å²) in [6, 6.07) is 14.8. The molecule has 25 heavy (non-hydrogen) atoms. The maximum Gasteiger partial charge on any atom is 0.387 e. The molecule has 0 spiro atoms. The molecule has 2 aromatic rings. The Kier molecular flexibility index (Phi) is 4.61. The molecule has 0 radical (unpaired) electrons. The Hall–Kier alpha value is -2.63. The fraction of sp³-hybridized carbons (Fsp3) is 0.316. The summed E-state index contributed by atoms with van der Waals surface area (Å²) < 4.78 is 29.2. The zero-order chi connectivity index (χ0) is 18.0. The van der Waals surface area contributed by atoms with E-state index < -0.39 is 12.2 Å². The molecule has 4 nitrogen and oxygen atoms in total. The molecule has 3 rings (SSSR count). The first kappa shape index (κ1) is 17.2. The van der Waals surface area contributed by atoms with E-state index in [1.807, 2.05) is 24.1 Å². The predicted octanol–water partition coefficient (Wildman–Crippen LogP) is 3.35. The van der Waals surface area contributed by atoms with E-state index in [2.05, 4.69) is 23.8 Å². The molecule has 0 fully saturated rings. The van der Waals surface area contributed by atoms with Gasteiger partial charge in [-0.1, -0.05) is 43.3 Å². The van der Waals surface area contributed by atoms with Gasteiger partial charge in [-0.2, -0.15) is 8.78 Å². The summed E-state index contributed by atoms with van der Waals surface area (Å²) in [6.07, 6.45) is 0.917. The Balaban J connectivity index is 2.07.